The highest BCUT2D eigenvalue weighted by molar-refractivity contribution is 5.60. The molecular formula is C15H20N2O. The van der Waals surface area contributed by atoms with Gasteiger partial charge in [0.25, 0.3) is 0 Å². The lowest BCUT2D eigenvalue weighted by molar-refractivity contribution is 0.193. The number of benzene rings is 1. The van der Waals surface area contributed by atoms with E-state index in [2.05, 4.69) is 24.8 Å². The van der Waals surface area contributed by atoms with Crippen LogP contribution in [0.25, 0.3) is 0 Å². The molecule has 0 saturated carbocycles. The predicted molar refractivity (Wildman–Crippen MR) is 72.8 cm³/mol. The molecule has 1 saturated heterocycles. The minimum Gasteiger partial charge on any atom is -0.477 e. The highest BCUT2D eigenvalue weighted by Gasteiger charge is 2.40. The molecule has 1 aliphatic heterocycles. The van der Waals surface area contributed by atoms with E-state index in [1.54, 1.807) is 0 Å². The highest BCUT2D eigenvalue weighted by atomic mass is 16.5. The Bertz CT molecular complexity index is 438. The Hall–Kier alpha value is -1.69. The van der Waals surface area contributed by atoms with Gasteiger partial charge in [0, 0.05) is 18.5 Å². The van der Waals surface area contributed by atoms with Crippen LogP contribution >= 0.6 is 0 Å². The maximum absolute atomic E-state index is 8.60. The number of nitriles is 1. The van der Waals surface area contributed by atoms with Gasteiger partial charge in [-0.2, -0.15) is 5.26 Å². The highest BCUT2D eigenvalue weighted by Crippen LogP contribution is 2.42. The second-order valence-corrected chi connectivity index (χ2v) is 4.98. The summed E-state index contributed by atoms with van der Waals surface area (Å²) in [4.78, 5) is 2.35. The molecule has 1 heterocycles. The molecule has 0 aromatic heterocycles. The first kappa shape index (κ1) is 12.8. The van der Waals surface area contributed by atoms with Gasteiger partial charge < -0.3 is 9.64 Å². The Morgan fingerprint density at radius 2 is 1.94 bits per heavy atom. The van der Waals surface area contributed by atoms with E-state index < -0.39 is 0 Å². The smallest absolute Gasteiger partial charge is 0.174 e. The van der Waals surface area contributed by atoms with Crippen LogP contribution in [0.5, 0.6) is 5.75 Å². The molecule has 0 radical (unpaired) electrons. The lowest BCUT2D eigenvalue weighted by atomic mass is 9.75. The first-order valence-corrected chi connectivity index (χ1v) is 6.58. The van der Waals surface area contributed by atoms with E-state index in [1.165, 1.54) is 12.8 Å². The zero-order valence-corrected chi connectivity index (χ0v) is 11.1. The molecule has 1 aromatic carbocycles. The number of anilines is 1. The van der Waals surface area contributed by atoms with Crippen molar-refractivity contribution < 1.29 is 4.74 Å². The molecule has 2 rings (SSSR count). The molecule has 3 heteroatoms. The van der Waals surface area contributed by atoms with Crippen LogP contribution in [0.4, 0.5) is 5.69 Å². The minimum atomic E-state index is 0.109. The fourth-order valence-electron chi connectivity index (χ4n) is 2.58. The van der Waals surface area contributed by atoms with Crippen molar-refractivity contribution in [3.63, 3.8) is 0 Å². The Balaban J connectivity index is 2.09. The third-order valence-electron chi connectivity index (χ3n) is 4.05. The largest absolute Gasteiger partial charge is 0.477 e. The molecule has 0 amide bonds. The predicted octanol–water partition coefficient (Wildman–Crippen LogP) is 3.22. The zero-order chi connectivity index (χ0) is 13.0. The molecule has 0 spiro atoms. The number of ether oxygens (including phenoxy) is 1. The summed E-state index contributed by atoms with van der Waals surface area (Å²) in [6, 6.07) is 9.99. The molecule has 1 aromatic rings. The van der Waals surface area contributed by atoms with Crippen LogP contribution in [0.15, 0.2) is 24.3 Å². The van der Waals surface area contributed by atoms with Crippen LogP contribution < -0.4 is 9.64 Å². The van der Waals surface area contributed by atoms with Crippen molar-refractivity contribution in [3.05, 3.63) is 24.3 Å². The second-order valence-electron chi connectivity index (χ2n) is 4.98. The number of para-hydroxylation sites is 2. The van der Waals surface area contributed by atoms with E-state index in [4.69, 9.17) is 10.00 Å². The van der Waals surface area contributed by atoms with Gasteiger partial charge in [0.15, 0.2) is 6.61 Å². The normalized spacial score (nSPS) is 16.8. The molecular weight excluding hydrogens is 224 g/mol. The van der Waals surface area contributed by atoms with Crippen LogP contribution in [0.1, 0.15) is 26.7 Å². The monoisotopic (exact) mass is 244 g/mol. The molecule has 0 unspecified atom stereocenters. The lowest BCUT2D eigenvalue weighted by Gasteiger charge is -2.51. The Morgan fingerprint density at radius 1 is 1.28 bits per heavy atom. The molecule has 0 N–H and O–H groups in total. The first-order valence-electron chi connectivity index (χ1n) is 6.58. The maximum Gasteiger partial charge on any atom is 0.174 e. The molecule has 3 nitrogen and oxygen atoms in total. The van der Waals surface area contributed by atoms with E-state index in [0.717, 1.165) is 24.5 Å². The van der Waals surface area contributed by atoms with Crippen molar-refractivity contribution in [2.24, 2.45) is 5.41 Å². The van der Waals surface area contributed by atoms with Gasteiger partial charge in [0.2, 0.25) is 0 Å². The molecule has 0 atom stereocenters. The van der Waals surface area contributed by atoms with Crippen LogP contribution in [0, 0.1) is 16.7 Å². The number of hydrogen-bond donors (Lipinski definition) is 0. The van der Waals surface area contributed by atoms with Gasteiger partial charge >= 0.3 is 0 Å². The summed E-state index contributed by atoms with van der Waals surface area (Å²) in [5, 5.41) is 8.60. The average Bonchev–Trinajstić information content (AvgIpc) is 2.37. The summed E-state index contributed by atoms with van der Waals surface area (Å²) < 4.78 is 5.48. The molecule has 1 aliphatic rings. The maximum atomic E-state index is 8.60. The molecule has 0 aliphatic carbocycles. The van der Waals surface area contributed by atoms with Gasteiger partial charge in [0.1, 0.15) is 11.8 Å². The molecule has 0 bridgehead atoms. The van der Waals surface area contributed by atoms with E-state index in [0.29, 0.717) is 5.41 Å². The van der Waals surface area contributed by atoms with Crippen LogP contribution in [0.3, 0.4) is 0 Å². The molecule has 18 heavy (non-hydrogen) atoms. The summed E-state index contributed by atoms with van der Waals surface area (Å²) in [7, 11) is 0. The van der Waals surface area contributed by atoms with Crippen molar-refractivity contribution in [2.45, 2.75) is 26.7 Å². The number of hydrogen-bond acceptors (Lipinski definition) is 3. The fourth-order valence-corrected chi connectivity index (χ4v) is 2.58. The number of nitrogens with zero attached hydrogens (tertiary/aromatic N) is 2. The van der Waals surface area contributed by atoms with Crippen molar-refractivity contribution in [2.75, 3.05) is 24.6 Å². The average molecular weight is 244 g/mol. The SMILES string of the molecule is CCC1(CC)CN(c2ccccc2OCC#N)C1. The minimum absolute atomic E-state index is 0.109. The lowest BCUT2D eigenvalue weighted by Crippen LogP contribution is -2.56. The van der Waals surface area contributed by atoms with Crippen molar-refractivity contribution in [3.8, 4) is 11.8 Å². The fraction of sp³-hybridized carbons (Fsp3) is 0.533. The summed E-state index contributed by atoms with van der Waals surface area (Å²) in [6.07, 6.45) is 2.45. The summed E-state index contributed by atoms with van der Waals surface area (Å²) in [5.74, 6) is 0.819. The van der Waals surface area contributed by atoms with E-state index in [-0.39, 0.29) is 6.61 Å². The van der Waals surface area contributed by atoms with Crippen LogP contribution in [-0.2, 0) is 0 Å². The molecule has 96 valence electrons. The Labute approximate surface area is 109 Å². The van der Waals surface area contributed by atoms with Crippen molar-refractivity contribution in [1.29, 1.82) is 5.26 Å². The summed E-state index contributed by atoms with van der Waals surface area (Å²) in [5.41, 5.74) is 1.59. The van der Waals surface area contributed by atoms with E-state index in [1.807, 2.05) is 24.3 Å². The second kappa shape index (κ2) is 5.30. The third-order valence-corrected chi connectivity index (χ3v) is 4.05. The standard InChI is InChI=1S/C15H20N2O/c1-3-15(4-2)11-17(12-15)13-7-5-6-8-14(13)18-10-9-16/h5-8H,3-4,10-12H2,1-2H3. The van der Waals surface area contributed by atoms with Crippen molar-refractivity contribution >= 4 is 5.69 Å². The summed E-state index contributed by atoms with van der Waals surface area (Å²) >= 11 is 0. The third kappa shape index (κ3) is 2.28. The van der Waals surface area contributed by atoms with Gasteiger partial charge in [0.05, 0.1) is 5.69 Å². The van der Waals surface area contributed by atoms with Crippen LogP contribution in [-0.4, -0.2) is 19.7 Å². The van der Waals surface area contributed by atoms with Gasteiger partial charge in [-0.05, 0) is 25.0 Å². The van der Waals surface area contributed by atoms with Gasteiger partial charge in [-0.1, -0.05) is 26.0 Å². The van der Waals surface area contributed by atoms with Crippen LogP contribution in [0.2, 0.25) is 0 Å². The number of rotatable bonds is 5. The Kier molecular flexibility index (Phi) is 3.76. The summed E-state index contributed by atoms with van der Waals surface area (Å²) in [6.45, 7) is 6.81. The Morgan fingerprint density at radius 3 is 2.56 bits per heavy atom. The quantitative estimate of drug-likeness (QED) is 0.798. The van der Waals surface area contributed by atoms with Gasteiger partial charge in [-0.15, -0.1) is 0 Å². The molecule has 1 fully saturated rings. The first-order chi connectivity index (χ1) is 8.74. The van der Waals surface area contributed by atoms with Crippen molar-refractivity contribution in [1.82, 2.24) is 0 Å². The van der Waals surface area contributed by atoms with E-state index >= 15 is 0 Å². The van der Waals surface area contributed by atoms with Gasteiger partial charge in [-0.25, -0.2) is 0 Å². The topological polar surface area (TPSA) is 36.3 Å². The zero-order valence-electron chi connectivity index (χ0n) is 11.1. The van der Waals surface area contributed by atoms with Gasteiger partial charge in [-0.3, -0.25) is 0 Å². The van der Waals surface area contributed by atoms with E-state index in [9.17, 15) is 0 Å².